The summed E-state index contributed by atoms with van der Waals surface area (Å²) < 4.78 is 0. The SMILES string of the molecule is Cc1ccc(N2CCN=C2NCc2ccccc2C)cc1CNC1=NCCN1C. The van der Waals surface area contributed by atoms with Crippen molar-refractivity contribution in [2.24, 2.45) is 9.98 Å². The topological polar surface area (TPSA) is 55.3 Å². The van der Waals surface area contributed by atoms with E-state index in [-0.39, 0.29) is 0 Å². The lowest BCUT2D eigenvalue weighted by molar-refractivity contribution is 0.534. The Morgan fingerprint density at radius 3 is 2.31 bits per heavy atom. The zero-order valence-electron chi connectivity index (χ0n) is 17.6. The van der Waals surface area contributed by atoms with Crippen molar-refractivity contribution in [1.29, 1.82) is 0 Å². The van der Waals surface area contributed by atoms with E-state index >= 15 is 0 Å². The number of aryl methyl sites for hydroxylation is 2. The second kappa shape index (κ2) is 8.55. The molecule has 0 radical (unpaired) electrons. The highest BCUT2D eigenvalue weighted by Crippen LogP contribution is 2.22. The number of hydrogen-bond acceptors (Lipinski definition) is 6. The average molecular weight is 391 g/mol. The number of anilines is 1. The number of rotatable bonds is 5. The van der Waals surface area contributed by atoms with Crippen molar-refractivity contribution in [3.8, 4) is 0 Å². The molecule has 0 saturated heterocycles. The van der Waals surface area contributed by atoms with Gasteiger partial charge >= 0.3 is 0 Å². The van der Waals surface area contributed by atoms with Gasteiger partial charge in [0.25, 0.3) is 0 Å². The number of likely N-dealkylation sites (N-methyl/N-ethyl adjacent to an activating group) is 1. The maximum absolute atomic E-state index is 4.70. The Morgan fingerprint density at radius 2 is 1.52 bits per heavy atom. The first-order valence-electron chi connectivity index (χ1n) is 10.3. The molecule has 0 saturated carbocycles. The summed E-state index contributed by atoms with van der Waals surface area (Å²) in [6.07, 6.45) is 0. The van der Waals surface area contributed by atoms with Crippen LogP contribution in [0.3, 0.4) is 0 Å². The molecule has 6 nitrogen and oxygen atoms in total. The van der Waals surface area contributed by atoms with E-state index in [4.69, 9.17) is 4.99 Å². The van der Waals surface area contributed by atoms with Crippen LogP contribution < -0.4 is 15.5 Å². The summed E-state index contributed by atoms with van der Waals surface area (Å²) in [6, 6.07) is 15.1. The molecule has 4 rings (SSSR count). The maximum Gasteiger partial charge on any atom is 0.198 e. The van der Waals surface area contributed by atoms with Crippen LogP contribution in [0.2, 0.25) is 0 Å². The van der Waals surface area contributed by atoms with Gasteiger partial charge in [-0.25, -0.2) is 0 Å². The van der Waals surface area contributed by atoms with E-state index in [9.17, 15) is 0 Å². The lowest BCUT2D eigenvalue weighted by atomic mass is 10.1. The van der Waals surface area contributed by atoms with Gasteiger partial charge in [-0.15, -0.1) is 0 Å². The van der Waals surface area contributed by atoms with Gasteiger partial charge in [-0.1, -0.05) is 30.3 Å². The molecule has 6 heteroatoms. The fourth-order valence-electron chi connectivity index (χ4n) is 3.75. The number of benzene rings is 2. The zero-order valence-corrected chi connectivity index (χ0v) is 17.6. The first-order chi connectivity index (χ1) is 14.1. The molecule has 0 unspecified atom stereocenters. The summed E-state index contributed by atoms with van der Waals surface area (Å²) in [5.74, 6) is 1.94. The molecule has 2 aliphatic heterocycles. The largest absolute Gasteiger partial charge is 0.352 e. The van der Waals surface area contributed by atoms with E-state index in [1.54, 1.807) is 0 Å². The van der Waals surface area contributed by atoms with Gasteiger partial charge in [0.15, 0.2) is 11.9 Å². The van der Waals surface area contributed by atoms with E-state index in [0.717, 1.165) is 51.2 Å². The molecule has 0 aromatic heterocycles. The average Bonchev–Trinajstić information content (AvgIpc) is 3.35. The van der Waals surface area contributed by atoms with Crippen LogP contribution in [0.15, 0.2) is 52.4 Å². The third-order valence-corrected chi connectivity index (χ3v) is 5.68. The third-order valence-electron chi connectivity index (χ3n) is 5.68. The minimum Gasteiger partial charge on any atom is -0.352 e. The molecule has 2 heterocycles. The number of hydrogen-bond donors (Lipinski definition) is 2. The van der Waals surface area contributed by atoms with Crippen molar-refractivity contribution in [2.75, 3.05) is 38.1 Å². The van der Waals surface area contributed by atoms with E-state index < -0.39 is 0 Å². The van der Waals surface area contributed by atoms with Crippen LogP contribution in [0.25, 0.3) is 0 Å². The van der Waals surface area contributed by atoms with E-state index in [0.29, 0.717) is 0 Å². The first-order valence-corrected chi connectivity index (χ1v) is 10.3. The molecule has 0 bridgehead atoms. The number of nitrogens with one attached hydrogen (secondary N) is 2. The molecule has 152 valence electrons. The van der Waals surface area contributed by atoms with Crippen molar-refractivity contribution >= 4 is 17.6 Å². The second-order valence-corrected chi connectivity index (χ2v) is 7.73. The van der Waals surface area contributed by atoms with Crippen LogP contribution >= 0.6 is 0 Å². The minimum absolute atomic E-state index is 0.778. The Kier molecular flexibility index (Phi) is 5.69. The highest BCUT2D eigenvalue weighted by atomic mass is 15.3. The van der Waals surface area contributed by atoms with Crippen LogP contribution in [0.1, 0.15) is 22.3 Å². The highest BCUT2D eigenvalue weighted by molar-refractivity contribution is 5.97. The third kappa shape index (κ3) is 4.36. The Morgan fingerprint density at radius 1 is 0.828 bits per heavy atom. The highest BCUT2D eigenvalue weighted by Gasteiger charge is 2.20. The Bertz CT molecular complexity index is 933. The van der Waals surface area contributed by atoms with Crippen LogP contribution in [0.5, 0.6) is 0 Å². The van der Waals surface area contributed by atoms with Gasteiger partial charge in [0.1, 0.15) is 0 Å². The van der Waals surface area contributed by atoms with Crippen molar-refractivity contribution in [2.45, 2.75) is 26.9 Å². The lowest BCUT2D eigenvalue weighted by Gasteiger charge is -2.23. The quantitative estimate of drug-likeness (QED) is 0.824. The number of guanidine groups is 2. The summed E-state index contributed by atoms with van der Waals surface area (Å²) in [6.45, 7) is 9.46. The Balaban J connectivity index is 1.44. The molecule has 2 N–H and O–H groups in total. The van der Waals surface area contributed by atoms with Crippen LogP contribution in [-0.4, -0.2) is 50.0 Å². The monoisotopic (exact) mass is 390 g/mol. The van der Waals surface area contributed by atoms with Crippen molar-refractivity contribution in [3.63, 3.8) is 0 Å². The minimum atomic E-state index is 0.778. The molecule has 0 atom stereocenters. The van der Waals surface area contributed by atoms with Gasteiger partial charge in [0.2, 0.25) is 0 Å². The molecule has 0 spiro atoms. The predicted octanol–water partition coefficient (Wildman–Crippen LogP) is 2.66. The fourth-order valence-corrected chi connectivity index (χ4v) is 3.75. The van der Waals surface area contributed by atoms with Crippen molar-refractivity contribution in [3.05, 3.63) is 64.7 Å². The number of nitrogens with zero attached hydrogens (tertiary/aromatic N) is 4. The first kappa shape index (κ1) is 19.3. The van der Waals surface area contributed by atoms with Gasteiger partial charge in [-0.2, -0.15) is 0 Å². The molecular weight excluding hydrogens is 360 g/mol. The number of aliphatic imine (C=N–C) groups is 2. The van der Waals surface area contributed by atoms with E-state index in [2.05, 4.69) is 88.8 Å². The second-order valence-electron chi connectivity index (χ2n) is 7.73. The smallest absolute Gasteiger partial charge is 0.198 e. The Hall–Kier alpha value is -3.02. The molecule has 2 aliphatic rings. The molecule has 0 fully saturated rings. The van der Waals surface area contributed by atoms with E-state index in [1.165, 1.54) is 27.9 Å². The van der Waals surface area contributed by atoms with E-state index in [1.807, 2.05) is 0 Å². The zero-order chi connectivity index (χ0) is 20.2. The Labute approximate surface area is 173 Å². The maximum atomic E-state index is 4.70. The van der Waals surface area contributed by atoms with Gasteiger partial charge in [0, 0.05) is 38.9 Å². The van der Waals surface area contributed by atoms with Gasteiger partial charge in [-0.05, 0) is 48.2 Å². The molecule has 0 amide bonds. The summed E-state index contributed by atoms with van der Waals surface area (Å²) >= 11 is 0. The van der Waals surface area contributed by atoms with Gasteiger partial charge < -0.3 is 20.4 Å². The fraction of sp³-hybridized carbons (Fsp3) is 0.391. The predicted molar refractivity (Wildman–Crippen MR) is 121 cm³/mol. The summed E-state index contributed by atoms with van der Waals surface area (Å²) in [4.78, 5) is 13.7. The lowest BCUT2D eigenvalue weighted by Crippen LogP contribution is -2.38. The molecule has 29 heavy (non-hydrogen) atoms. The summed E-state index contributed by atoms with van der Waals surface area (Å²) in [5.41, 5.74) is 6.36. The van der Waals surface area contributed by atoms with Crippen molar-refractivity contribution in [1.82, 2.24) is 15.5 Å². The van der Waals surface area contributed by atoms with Crippen LogP contribution in [0.4, 0.5) is 5.69 Å². The standard InChI is InChI=1S/C23H30N6/c1-17-6-4-5-7-19(17)15-27-23-25-11-13-29(23)21-9-8-18(2)20(14-21)16-26-22-24-10-12-28(22)3/h4-9,14H,10-13,15-16H2,1-3H3,(H,24,26)(H,25,27). The normalized spacial score (nSPS) is 16.1. The summed E-state index contributed by atoms with van der Waals surface area (Å²) in [7, 11) is 2.08. The summed E-state index contributed by atoms with van der Waals surface area (Å²) in [5, 5.41) is 7.02. The molecular formula is C23H30N6. The molecule has 0 aliphatic carbocycles. The molecule has 2 aromatic rings. The van der Waals surface area contributed by atoms with Crippen LogP contribution in [-0.2, 0) is 13.1 Å². The van der Waals surface area contributed by atoms with Gasteiger partial charge in [-0.3, -0.25) is 9.98 Å². The van der Waals surface area contributed by atoms with Crippen LogP contribution in [0, 0.1) is 13.8 Å². The van der Waals surface area contributed by atoms with Gasteiger partial charge in [0.05, 0.1) is 13.1 Å². The molecule has 2 aromatic carbocycles. The van der Waals surface area contributed by atoms with Crippen molar-refractivity contribution < 1.29 is 0 Å².